The van der Waals surface area contributed by atoms with Crippen LogP contribution >= 0.6 is 11.3 Å². The van der Waals surface area contributed by atoms with Gasteiger partial charge < -0.3 is 18.9 Å². The molecule has 2 aliphatic heterocycles. The fourth-order valence-electron chi connectivity index (χ4n) is 6.19. The first-order valence-electron chi connectivity index (χ1n) is 14.4. The van der Waals surface area contributed by atoms with Crippen molar-refractivity contribution in [2.75, 3.05) is 44.9 Å². The second kappa shape index (κ2) is 11.1. The second-order valence-corrected chi connectivity index (χ2v) is 13.9. The van der Waals surface area contributed by atoms with Crippen LogP contribution in [0.1, 0.15) is 63.1 Å². The van der Waals surface area contributed by atoms with Gasteiger partial charge in [0.2, 0.25) is 10.0 Å². The minimum atomic E-state index is -3.73. The van der Waals surface area contributed by atoms with E-state index in [4.69, 9.17) is 9.47 Å². The molecule has 0 spiro atoms. The lowest BCUT2D eigenvalue weighted by atomic mass is 9.95. The number of aromatic nitrogens is 1. The molecule has 0 saturated carbocycles. The lowest BCUT2D eigenvalue weighted by Crippen LogP contribution is -2.40. The van der Waals surface area contributed by atoms with Crippen molar-refractivity contribution >= 4 is 50.6 Å². The summed E-state index contributed by atoms with van der Waals surface area (Å²) in [5, 5.41) is 0.856. The number of esters is 1. The quantitative estimate of drug-likeness (QED) is 0.296. The molecule has 6 rings (SSSR count). The molecule has 11 heteroatoms. The molecule has 0 unspecified atom stereocenters. The maximum atomic E-state index is 13.5. The first-order chi connectivity index (χ1) is 20.1. The Labute approximate surface area is 250 Å². The van der Waals surface area contributed by atoms with Crippen LogP contribution in [-0.4, -0.2) is 69.1 Å². The van der Waals surface area contributed by atoms with Crippen LogP contribution in [0.4, 0.5) is 5.69 Å². The van der Waals surface area contributed by atoms with E-state index in [1.165, 1.54) is 9.18 Å². The number of benzene rings is 1. The molecule has 9 nitrogen and oxygen atoms in total. The number of nitrogens with zero attached hydrogens (tertiary/aromatic N) is 3. The van der Waals surface area contributed by atoms with Crippen molar-refractivity contribution in [1.82, 2.24) is 8.87 Å². The van der Waals surface area contributed by atoms with Crippen molar-refractivity contribution in [1.29, 1.82) is 0 Å². The van der Waals surface area contributed by atoms with E-state index in [0.717, 1.165) is 53.2 Å². The summed E-state index contributed by atoms with van der Waals surface area (Å²) in [7, 11) is -2.03. The number of carbonyl (C=O) groups excluding carboxylic acids is 2. The smallest absolute Gasteiger partial charge is 0.341 e. The summed E-state index contributed by atoms with van der Waals surface area (Å²) in [6, 6.07) is 6.89. The highest BCUT2D eigenvalue weighted by atomic mass is 32.2. The largest absolute Gasteiger partial charge is 0.462 e. The van der Waals surface area contributed by atoms with E-state index < -0.39 is 10.0 Å². The van der Waals surface area contributed by atoms with Crippen LogP contribution in [0.3, 0.4) is 0 Å². The molecule has 42 heavy (non-hydrogen) atoms. The molecule has 1 fully saturated rings. The summed E-state index contributed by atoms with van der Waals surface area (Å²) in [6.45, 7) is 7.41. The summed E-state index contributed by atoms with van der Waals surface area (Å²) < 4.78 is 41.1. The molecule has 1 aromatic carbocycles. The van der Waals surface area contributed by atoms with Gasteiger partial charge in [0.05, 0.1) is 36.0 Å². The molecule has 3 aromatic rings. The monoisotopic (exact) mass is 609 g/mol. The topological polar surface area (TPSA) is 98.2 Å². The number of thiophene rings is 1. The van der Waals surface area contributed by atoms with Gasteiger partial charge in [0.25, 0.3) is 5.91 Å². The highest BCUT2D eigenvalue weighted by Crippen LogP contribution is 2.42. The molecule has 4 heterocycles. The van der Waals surface area contributed by atoms with Gasteiger partial charge in [0.15, 0.2) is 0 Å². The van der Waals surface area contributed by atoms with Crippen molar-refractivity contribution in [2.24, 2.45) is 0 Å². The maximum Gasteiger partial charge on any atom is 0.341 e. The van der Waals surface area contributed by atoms with E-state index in [2.05, 4.69) is 4.57 Å². The Morgan fingerprint density at radius 1 is 1.12 bits per heavy atom. The van der Waals surface area contributed by atoms with Gasteiger partial charge in [-0.05, 0) is 87.9 Å². The molecule has 1 saturated heterocycles. The van der Waals surface area contributed by atoms with Crippen LogP contribution in [0.15, 0.2) is 29.2 Å². The van der Waals surface area contributed by atoms with Crippen LogP contribution in [0.2, 0.25) is 0 Å². The van der Waals surface area contributed by atoms with Crippen molar-refractivity contribution in [3.05, 3.63) is 62.8 Å². The van der Waals surface area contributed by atoms with Gasteiger partial charge in [-0.15, -0.1) is 11.3 Å². The van der Waals surface area contributed by atoms with Crippen molar-refractivity contribution in [3.8, 4) is 5.00 Å². The summed E-state index contributed by atoms with van der Waals surface area (Å²) in [6.07, 6.45) is 5.81. The number of carbonyl (C=O) groups is 2. The molecule has 222 valence electrons. The Morgan fingerprint density at radius 3 is 2.60 bits per heavy atom. The highest BCUT2D eigenvalue weighted by Gasteiger charge is 2.34. The Bertz CT molecular complexity index is 1730. The Kier molecular flexibility index (Phi) is 7.63. The van der Waals surface area contributed by atoms with Gasteiger partial charge in [0, 0.05) is 47.5 Å². The zero-order valence-electron chi connectivity index (χ0n) is 24.4. The lowest BCUT2D eigenvalue weighted by Gasteiger charge is -2.26. The van der Waals surface area contributed by atoms with E-state index in [0.29, 0.717) is 55.3 Å². The predicted molar refractivity (Wildman–Crippen MR) is 163 cm³/mol. The number of rotatable bonds is 6. The molecule has 1 aliphatic carbocycles. The molecule has 0 atom stereocenters. The normalized spacial score (nSPS) is 18.4. The average Bonchev–Trinajstić information content (AvgIpc) is 3.58. The fourth-order valence-corrected chi connectivity index (χ4v) is 9.11. The van der Waals surface area contributed by atoms with E-state index in [1.807, 2.05) is 32.9 Å². The van der Waals surface area contributed by atoms with E-state index in [9.17, 15) is 18.0 Å². The zero-order valence-corrected chi connectivity index (χ0v) is 26.0. The van der Waals surface area contributed by atoms with Crippen molar-refractivity contribution in [2.45, 2.75) is 51.3 Å². The number of hydrogen-bond donors (Lipinski definition) is 0. The highest BCUT2D eigenvalue weighted by molar-refractivity contribution is 7.89. The summed E-state index contributed by atoms with van der Waals surface area (Å²) >= 11 is 1.65. The number of ether oxygens (including phenoxy) is 2. The van der Waals surface area contributed by atoms with Crippen LogP contribution < -0.4 is 4.90 Å². The number of amides is 1. The number of hydrogen-bond acceptors (Lipinski definition) is 7. The van der Waals surface area contributed by atoms with Gasteiger partial charge in [-0.2, -0.15) is 4.31 Å². The van der Waals surface area contributed by atoms with Crippen LogP contribution in [0.5, 0.6) is 0 Å². The van der Waals surface area contributed by atoms with Gasteiger partial charge in [-0.1, -0.05) is 0 Å². The van der Waals surface area contributed by atoms with Gasteiger partial charge in [-0.3, -0.25) is 4.79 Å². The molecule has 0 radical (unpaired) electrons. The molecule has 3 aliphatic rings. The number of morpholine rings is 1. The lowest BCUT2D eigenvalue weighted by molar-refractivity contribution is -0.112. The Balaban J connectivity index is 1.44. The summed E-state index contributed by atoms with van der Waals surface area (Å²) in [5.74, 6) is -0.496. The Hall–Kier alpha value is -3.25. The first kappa shape index (κ1) is 28.9. The van der Waals surface area contributed by atoms with E-state index in [-0.39, 0.29) is 16.8 Å². The minimum Gasteiger partial charge on any atom is -0.462 e. The number of sulfonamides is 1. The van der Waals surface area contributed by atoms with Crippen molar-refractivity contribution < 1.29 is 27.5 Å². The number of fused-ring (bicyclic) bond motifs is 2. The summed E-state index contributed by atoms with van der Waals surface area (Å²) in [5.41, 5.74) is 6.09. The van der Waals surface area contributed by atoms with Gasteiger partial charge in [-0.25, -0.2) is 13.2 Å². The number of aryl methyl sites for hydroxylation is 2. The third kappa shape index (κ3) is 4.72. The molecule has 2 aromatic heterocycles. The minimum absolute atomic E-state index is 0.158. The summed E-state index contributed by atoms with van der Waals surface area (Å²) in [4.78, 5) is 29.6. The van der Waals surface area contributed by atoms with Crippen LogP contribution in [0, 0.1) is 13.8 Å². The average molecular weight is 610 g/mol. The molecule has 0 bridgehead atoms. The molecule has 0 N–H and O–H groups in total. The second-order valence-electron chi connectivity index (χ2n) is 10.9. The SMILES string of the molecule is CCOC(=O)c1c(-n2c(C)cc(/C=C3/C(=O)N(C)c4ccc(S(=O)(=O)N5CCOCC5)cc43)c2C)sc2c1CCCC2. The third-order valence-electron chi connectivity index (χ3n) is 8.37. The molecular weight excluding hydrogens is 574 g/mol. The van der Waals surface area contributed by atoms with Crippen LogP contribution in [0.25, 0.3) is 16.7 Å². The van der Waals surface area contributed by atoms with Gasteiger partial charge >= 0.3 is 5.97 Å². The first-order valence-corrected chi connectivity index (χ1v) is 16.6. The van der Waals surface area contributed by atoms with Crippen molar-refractivity contribution in [3.63, 3.8) is 0 Å². The van der Waals surface area contributed by atoms with E-state index in [1.54, 1.807) is 41.5 Å². The van der Waals surface area contributed by atoms with Gasteiger partial charge in [0.1, 0.15) is 5.00 Å². The molecule has 1 amide bonds. The number of likely N-dealkylation sites (N-methyl/N-ethyl adjacent to an activating group) is 1. The predicted octanol–water partition coefficient (Wildman–Crippen LogP) is 4.75. The molecular formula is C31H35N3O6S2. The van der Waals surface area contributed by atoms with E-state index >= 15 is 0 Å². The third-order valence-corrected chi connectivity index (χ3v) is 11.5. The Morgan fingerprint density at radius 2 is 1.86 bits per heavy atom. The standard InChI is InChI=1S/C31H35N3O6S2/c1-5-40-31(36)28-23-8-6-7-9-27(23)41-30(28)34-19(2)16-21(20(34)3)17-25-24-18-22(10-11-26(24)32(4)29(25)35)42(37,38)33-12-14-39-15-13-33/h10-11,16-18H,5-9,12-15H2,1-4H3/b25-17+. The van der Waals surface area contributed by atoms with Crippen LogP contribution in [-0.2, 0) is 37.1 Å². The number of anilines is 1. The zero-order chi connectivity index (χ0) is 29.8. The maximum absolute atomic E-state index is 13.5. The fraction of sp³-hybridized carbons (Fsp3) is 0.419.